The van der Waals surface area contributed by atoms with Crippen LogP contribution < -0.4 is 10.6 Å². The Balaban J connectivity index is 2.21. The lowest BCUT2D eigenvalue weighted by atomic mass is 9.92. The van der Waals surface area contributed by atoms with E-state index in [1.807, 2.05) is 58.0 Å². The van der Waals surface area contributed by atoms with Crippen molar-refractivity contribution in [2.75, 3.05) is 5.32 Å². The fourth-order valence-corrected chi connectivity index (χ4v) is 5.75. The lowest BCUT2D eigenvalue weighted by Gasteiger charge is -2.39. The topological polar surface area (TPSA) is 108 Å². The summed E-state index contributed by atoms with van der Waals surface area (Å²) in [6.45, 7) is 17.2. The first-order chi connectivity index (χ1) is 22.0. The van der Waals surface area contributed by atoms with E-state index in [1.54, 1.807) is 43.9 Å². The normalized spacial score (nSPS) is 13.4. The van der Waals surface area contributed by atoms with E-state index in [1.165, 1.54) is 12.1 Å². The summed E-state index contributed by atoms with van der Waals surface area (Å²) in [5, 5.41) is 16.1. The highest BCUT2D eigenvalue weighted by molar-refractivity contribution is 6.34. The molecule has 0 radical (unpaired) electrons. The molecule has 0 bridgehead atoms. The number of para-hydroxylation sites is 1. The number of amides is 3. The van der Waals surface area contributed by atoms with E-state index in [4.69, 9.17) is 16.3 Å². The molecule has 0 saturated heterocycles. The van der Waals surface area contributed by atoms with Gasteiger partial charge in [-0.2, -0.15) is 0 Å². The molecule has 0 fully saturated rings. The van der Waals surface area contributed by atoms with E-state index >= 15 is 4.79 Å². The number of ether oxygens (including phenoxy) is 1. The van der Waals surface area contributed by atoms with Gasteiger partial charge in [0.1, 0.15) is 23.4 Å². The largest absolute Gasteiger partial charge is 0.508 e. The van der Waals surface area contributed by atoms with Crippen LogP contribution in [0.5, 0.6) is 5.75 Å². The molecular weight excluding hydrogens is 614 g/mol. The Kier molecular flexibility index (Phi) is 12.9. The molecule has 0 aliphatic rings. The number of phenolic OH excluding ortho intramolecular Hbond substituents is 1. The van der Waals surface area contributed by atoms with Crippen molar-refractivity contribution >= 4 is 35.2 Å². The van der Waals surface area contributed by atoms with E-state index in [0.29, 0.717) is 34.2 Å². The second-order valence-corrected chi connectivity index (χ2v) is 14.2. The Labute approximate surface area is 284 Å². The summed E-state index contributed by atoms with van der Waals surface area (Å²) in [6.07, 6.45) is 0.805. The number of aromatic hydroxyl groups is 1. The van der Waals surface area contributed by atoms with Crippen molar-refractivity contribution in [3.63, 3.8) is 0 Å². The van der Waals surface area contributed by atoms with Gasteiger partial charge in [-0.15, -0.1) is 0 Å². The maximum Gasteiger partial charge on any atom is 0.408 e. The number of carbonyl (C=O) groups excluding carboxylic acids is 3. The smallest absolute Gasteiger partial charge is 0.408 e. The molecule has 0 aliphatic heterocycles. The Bertz CT molecular complexity index is 1530. The van der Waals surface area contributed by atoms with Crippen LogP contribution >= 0.6 is 11.6 Å². The van der Waals surface area contributed by atoms with Gasteiger partial charge in [-0.3, -0.25) is 9.59 Å². The molecule has 0 spiro atoms. The van der Waals surface area contributed by atoms with Crippen molar-refractivity contribution in [1.82, 2.24) is 10.2 Å². The SMILES string of the molecule is Cc1cccc(C(C(=O)Nc2c(C)cccc2Cl)N(C(=O)C(Cc2ccc(O)cc2)NC(=O)OC(C)(C)C)C(C)CCC(C)C)c1C. The molecule has 3 amide bonds. The molecule has 3 unspecified atom stereocenters. The van der Waals surface area contributed by atoms with Gasteiger partial charge in [-0.1, -0.05) is 67.9 Å². The molecule has 9 heteroatoms. The number of benzene rings is 3. The van der Waals surface area contributed by atoms with Crippen LogP contribution in [0, 0.1) is 26.7 Å². The molecule has 0 heterocycles. The molecule has 0 aliphatic carbocycles. The zero-order valence-corrected chi connectivity index (χ0v) is 29.9. The molecule has 254 valence electrons. The first kappa shape index (κ1) is 37.4. The number of hydrogen-bond donors (Lipinski definition) is 3. The lowest BCUT2D eigenvalue weighted by Crippen LogP contribution is -2.55. The first-order valence-electron chi connectivity index (χ1n) is 16.2. The Morgan fingerprint density at radius 1 is 0.894 bits per heavy atom. The van der Waals surface area contributed by atoms with E-state index in [2.05, 4.69) is 24.5 Å². The monoisotopic (exact) mass is 663 g/mol. The third-order valence-electron chi connectivity index (χ3n) is 8.19. The van der Waals surface area contributed by atoms with Crippen molar-refractivity contribution < 1.29 is 24.2 Å². The van der Waals surface area contributed by atoms with Crippen LogP contribution in [-0.4, -0.2) is 45.6 Å². The highest BCUT2D eigenvalue weighted by atomic mass is 35.5. The molecule has 0 aromatic heterocycles. The number of phenols is 1. The molecule has 3 N–H and O–H groups in total. The first-order valence-corrected chi connectivity index (χ1v) is 16.6. The Hall–Kier alpha value is -4.04. The zero-order valence-electron chi connectivity index (χ0n) is 29.1. The number of nitrogens with one attached hydrogen (secondary N) is 2. The molecule has 47 heavy (non-hydrogen) atoms. The maximum absolute atomic E-state index is 15.0. The van der Waals surface area contributed by atoms with Crippen LogP contribution in [0.15, 0.2) is 60.7 Å². The number of carbonyl (C=O) groups is 3. The van der Waals surface area contributed by atoms with Gasteiger partial charge in [-0.05, 0) is 113 Å². The van der Waals surface area contributed by atoms with Gasteiger partial charge in [0.25, 0.3) is 5.91 Å². The van der Waals surface area contributed by atoms with Crippen molar-refractivity contribution in [2.45, 2.75) is 105 Å². The van der Waals surface area contributed by atoms with Crippen LogP contribution in [0.1, 0.15) is 88.2 Å². The summed E-state index contributed by atoms with van der Waals surface area (Å²) in [6, 6.07) is 15.1. The standard InChI is InChI=1S/C38H50ClN3O5/c1-23(2)16-17-26(5)42(36(45)32(40-37(46)47-38(7,8)9)22-28-18-20-29(43)21-19-28)34(30-14-10-12-24(3)27(30)6)35(44)41-33-25(4)13-11-15-31(33)39/h10-15,18-21,23,26,32,34,43H,16-17,22H2,1-9H3,(H,40,46)(H,41,44). The van der Waals surface area contributed by atoms with Crippen molar-refractivity contribution in [1.29, 1.82) is 0 Å². The predicted molar refractivity (Wildman–Crippen MR) is 189 cm³/mol. The van der Waals surface area contributed by atoms with Crippen LogP contribution in [0.2, 0.25) is 5.02 Å². The molecule has 3 atom stereocenters. The van der Waals surface area contributed by atoms with Crippen LogP contribution in [0.25, 0.3) is 0 Å². The summed E-state index contributed by atoms with van der Waals surface area (Å²) < 4.78 is 5.57. The molecular formula is C38H50ClN3O5. The van der Waals surface area contributed by atoms with E-state index in [9.17, 15) is 14.7 Å². The highest BCUT2D eigenvalue weighted by Gasteiger charge is 2.40. The van der Waals surface area contributed by atoms with Gasteiger partial charge in [0, 0.05) is 12.5 Å². The number of halogens is 1. The number of rotatable bonds is 12. The van der Waals surface area contributed by atoms with Gasteiger partial charge < -0.3 is 25.4 Å². The third-order valence-corrected chi connectivity index (χ3v) is 8.51. The Morgan fingerprint density at radius 2 is 1.51 bits per heavy atom. The second kappa shape index (κ2) is 16.2. The van der Waals surface area contributed by atoms with Crippen LogP contribution in [0.4, 0.5) is 10.5 Å². The van der Waals surface area contributed by atoms with E-state index in [0.717, 1.165) is 23.1 Å². The fourth-order valence-electron chi connectivity index (χ4n) is 5.48. The number of anilines is 1. The number of nitrogens with zero attached hydrogens (tertiary/aromatic N) is 1. The lowest BCUT2D eigenvalue weighted by molar-refractivity contribution is -0.143. The molecule has 3 aromatic carbocycles. The van der Waals surface area contributed by atoms with Crippen molar-refractivity contribution in [2.24, 2.45) is 5.92 Å². The highest BCUT2D eigenvalue weighted by Crippen LogP contribution is 2.34. The van der Waals surface area contributed by atoms with Crippen LogP contribution in [-0.2, 0) is 20.7 Å². The second-order valence-electron chi connectivity index (χ2n) is 13.7. The number of aryl methyl sites for hydroxylation is 2. The summed E-state index contributed by atoms with van der Waals surface area (Å²) in [7, 11) is 0. The van der Waals surface area contributed by atoms with Crippen molar-refractivity contribution in [3.05, 3.63) is 93.5 Å². The average molecular weight is 664 g/mol. The molecule has 3 aromatic rings. The summed E-state index contributed by atoms with van der Waals surface area (Å²) in [5.41, 5.74) is 3.71. The van der Waals surface area contributed by atoms with Gasteiger partial charge in [0.15, 0.2) is 0 Å². The van der Waals surface area contributed by atoms with E-state index in [-0.39, 0.29) is 12.2 Å². The minimum atomic E-state index is -1.08. The molecule has 3 rings (SSSR count). The predicted octanol–water partition coefficient (Wildman–Crippen LogP) is 8.44. The van der Waals surface area contributed by atoms with Crippen LogP contribution in [0.3, 0.4) is 0 Å². The van der Waals surface area contributed by atoms with E-state index < -0.39 is 41.6 Å². The summed E-state index contributed by atoms with van der Waals surface area (Å²) in [5.74, 6) is -0.402. The zero-order chi connectivity index (χ0) is 35.1. The summed E-state index contributed by atoms with van der Waals surface area (Å²) in [4.78, 5) is 44.4. The minimum Gasteiger partial charge on any atom is -0.508 e. The van der Waals surface area contributed by atoms with Gasteiger partial charge in [0.05, 0.1) is 10.7 Å². The number of hydrogen-bond acceptors (Lipinski definition) is 5. The minimum absolute atomic E-state index is 0.0854. The Morgan fingerprint density at radius 3 is 2.11 bits per heavy atom. The third kappa shape index (κ3) is 10.5. The molecule has 0 saturated carbocycles. The van der Waals surface area contributed by atoms with Gasteiger partial charge >= 0.3 is 6.09 Å². The van der Waals surface area contributed by atoms with Gasteiger partial charge in [-0.25, -0.2) is 4.79 Å². The van der Waals surface area contributed by atoms with Crippen molar-refractivity contribution in [3.8, 4) is 5.75 Å². The fraction of sp³-hybridized carbons (Fsp3) is 0.447. The maximum atomic E-state index is 15.0. The van der Waals surface area contributed by atoms with Gasteiger partial charge in [0.2, 0.25) is 5.91 Å². The quantitative estimate of drug-likeness (QED) is 0.180. The molecule has 8 nitrogen and oxygen atoms in total. The average Bonchev–Trinajstić information content (AvgIpc) is 2.97. The number of alkyl carbamates (subject to hydrolysis) is 1. The summed E-state index contributed by atoms with van der Waals surface area (Å²) >= 11 is 6.56.